The van der Waals surface area contributed by atoms with E-state index in [0.717, 1.165) is 23.5 Å². The zero-order chi connectivity index (χ0) is 16.0. The fourth-order valence-corrected chi connectivity index (χ4v) is 2.41. The summed E-state index contributed by atoms with van der Waals surface area (Å²) < 4.78 is 11.1. The zero-order valence-corrected chi connectivity index (χ0v) is 13.5. The van der Waals surface area contributed by atoms with Crippen molar-refractivity contribution in [2.75, 3.05) is 13.7 Å². The molecular formula is C19H24O3. The Morgan fingerprint density at radius 3 is 2.32 bits per heavy atom. The fourth-order valence-electron chi connectivity index (χ4n) is 2.41. The lowest BCUT2D eigenvalue weighted by molar-refractivity contribution is 0.0810. The average molecular weight is 300 g/mol. The highest BCUT2D eigenvalue weighted by Gasteiger charge is 2.13. The van der Waals surface area contributed by atoms with Crippen molar-refractivity contribution in [1.82, 2.24) is 0 Å². The van der Waals surface area contributed by atoms with Crippen molar-refractivity contribution >= 4 is 0 Å². The van der Waals surface area contributed by atoms with Crippen molar-refractivity contribution < 1.29 is 14.6 Å². The summed E-state index contributed by atoms with van der Waals surface area (Å²) in [6, 6.07) is 15.9. The standard InChI is InChI=1S/C19H24O3/c1-19(2,20)14-16-8-6-7-15(13-16)11-12-22-18-10-5-4-9-17(18)21-3/h4-10,13,20H,11-12,14H2,1-3H3. The summed E-state index contributed by atoms with van der Waals surface area (Å²) in [4.78, 5) is 0. The van der Waals surface area contributed by atoms with Crippen LogP contribution in [0, 0.1) is 0 Å². The highest BCUT2D eigenvalue weighted by Crippen LogP contribution is 2.25. The molecule has 2 aromatic rings. The first kappa shape index (κ1) is 16.4. The summed E-state index contributed by atoms with van der Waals surface area (Å²) in [7, 11) is 1.64. The van der Waals surface area contributed by atoms with Crippen molar-refractivity contribution in [2.45, 2.75) is 32.3 Å². The van der Waals surface area contributed by atoms with E-state index in [-0.39, 0.29) is 0 Å². The van der Waals surface area contributed by atoms with Gasteiger partial charge in [-0.1, -0.05) is 36.4 Å². The van der Waals surface area contributed by atoms with Gasteiger partial charge in [0.2, 0.25) is 0 Å². The molecule has 22 heavy (non-hydrogen) atoms. The Balaban J connectivity index is 1.93. The van der Waals surface area contributed by atoms with E-state index in [0.29, 0.717) is 13.0 Å². The van der Waals surface area contributed by atoms with E-state index in [2.05, 4.69) is 12.1 Å². The Bertz CT molecular complexity index is 600. The summed E-state index contributed by atoms with van der Waals surface area (Å²) >= 11 is 0. The molecule has 1 N–H and O–H groups in total. The van der Waals surface area contributed by atoms with Crippen LogP contribution in [0.25, 0.3) is 0 Å². The SMILES string of the molecule is COc1ccccc1OCCc1cccc(CC(C)(C)O)c1. The Morgan fingerprint density at radius 1 is 0.955 bits per heavy atom. The van der Waals surface area contributed by atoms with E-state index in [1.54, 1.807) is 7.11 Å². The zero-order valence-electron chi connectivity index (χ0n) is 13.5. The molecule has 0 aliphatic heterocycles. The monoisotopic (exact) mass is 300 g/mol. The summed E-state index contributed by atoms with van der Waals surface area (Å²) in [5.41, 5.74) is 1.66. The van der Waals surface area contributed by atoms with Crippen LogP contribution in [0.5, 0.6) is 11.5 Å². The second-order valence-electron chi connectivity index (χ2n) is 6.06. The van der Waals surface area contributed by atoms with Gasteiger partial charge in [0.1, 0.15) is 0 Å². The second kappa shape index (κ2) is 7.32. The van der Waals surface area contributed by atoms with Gasteiger partial charge in [-0.05, 0) is 37.1 Å². The van der Waals surface area contributed by atoms with Crippen LogP contribution in [0.1, 0.15) is 25.0 Å². The molecule has 3 nitrogen and oxygen atoms in total. The van der Waals surface area contributed by atoms with Gasteiger partial charge in [-0.25, -0.2) is 0 Å². The fraction of sp³-hybridized carbons (Fsp3) is 0.368. The number of methoxy groups -OCH3 is 1. The smallest absolute Gasteiger partial charge is 0.161 e. The predicted octanol–water partition coefficient (Wildman–Crippen LogP) is 3.63. The van der Waals surface area contributed by atoms with Crippen LogP contribution in [-0.4, -0.2) is 24.4 Å². The maximum Gasteiger partial charge on any atom is 0.161 e. The van der Waals surface area contributed by atoms with Crippen LogP contribution in [0.15, 0.2) is 48.5 Å². The quantitative estimate of drug-likeness (QED) is 0.848. The van der Waals surface area contributed by atoms with E-state index >= 15 is 0 Å². The lowest BCUT2D eigenvalue weighted by Gasteiger charge is -2.17. The van der Waals surface area contributed by atoms with E-state index in [1.807, 2.05) is 50.2 Å². The normalized spacial score (nSPS) is 11.3. The minimum Gasteiger partial charge on any atom is -0.493 e. The number of para-hydroxylation sites is 2. The van der Waals surface area contributed by atoms with E-state index in [4.69, 9.17) is 9.47 Å². The molecular weight excluding hydrogens is 276 g/mol. The molecule has 0 aromatic heterocycles. The Hall–Kier alpha value is -2.00. The van der Waals surface area contributed by atoms with Crippen molar-refractivity contribution in [3.05, 3.63) is 59.7 Å². The summed E-state index contributed by atoms with van der Waals surface area (Å²) in [6.45, 7) is 4.24. The molecule has 0 aliphatic rings. The molecule has 0 saturated heterocycles. The van der Waals surface area contributed by atoms with Crippen LogP contribution in [0.2, 0.25) is 0 Å². The Morgan fingerprint density at radius 2 is 1.64 bits per heavy atom. The van der Waals surface area contributed by atoms with Gasteiger partial charge in [0, 0.05) is 12.8 Å². The molecule has 0 unspecified atom stereocenters. The molecule has 0 heterocycles. The van der Waals surface area contributed by atoms with Gasteiger partial charge in [0.15, 0.2) is 11.5 Å². The number of hydrogen-bond acceptors (Lipinski definition) is 3. The van der Waals surface area contributed by atoms with Crippen LogP contribution in [-0.2, 0) is 12.8 Å². The molecule has 0 atom stereocenters. The molecule has 0 aliphatic carbocycles. The molecule has 118 valence electrons. The van der Waals surface area contributed by atoms with Crippen LogP contribution in [0.4, 0.5) is 0 Å². The Labute approximate surface area is 132 Å². The lowest BCUT2D eigenvalue weighted by atomic mass is 9.97. The summed E-state index contributed by atoms with van der Waals surface area (Å²) in [5.74, 6) is 1.51. The first-order valence-corrected chi connectivity index (χ1v) is 7.54. The highest BCUT2D eigenvalue weighted by atomic mass is 16.5. The van der Waals surface area contributed by atoms with Gasteiger partial charge in [-0.3, -0.25) is 0 Å². The molecule has 0 spiro atoms. The number of hydrogen-bond donors (Lipinski definition) is 1. The second-order valence-corrected chi connectivity index (χ2v) is 6.06. The van der Waals surface area contributed by atoms with Gasteiger partial charge in [-0.15, -0.1) is 0 Å². The number of aliphatic hydroxyl groups is 1. The molecule has 3 heteroatoms. The minimum atomic E-state index is -0.688. The summed E-state index contributed by atoms with van der Waals surface area (Å²) in [6.07, 6.45) is 1.46. The molecule has 2 aromatic carbocycles. The topological polar surface area (TPSA) is 38.7 Å². The Kier molecular flexibility index (Phi) is 5.45. The lowest BCUT2D eigenvalue weighted by Crippen LogP contribution is -2.21. The average Bonchev–Trinajstić information content (AvgIpc) is 2.46. The first-order valence-electron chi connectivity index (χ1n) is 7.54. The molecule has 0 radical (unpaired) electrons. The van der Waals surface area contributed by atoms with Crippen LogP contribution >= 0.6 is 0 Å². The first-order chi connectivity index (χ1) is 10.5. The van der Waals surface area contributed by atoms with Gasteiger partial charge >= 0.3 is 0 Å². The molecule has 2 rings (SSSR count). The van der Waals surface area contributed by atoms with Crippen LogP contribution < -0.4 is 9.47 Å². The highest BCUT2D eigenvalue weighted by molar-refractivity contribution is 5.39. The molecule has 0 fully saturated rings. The number of rotatable bonds is 7. The third-order valence-electron chi connectivity index (χ3n) is 3.35. The third-order valence-corrected chi connectivity index (χ3v) is 3.35. The maximum atomic E-state index is 9.91. The van der Waals surface area contributed by atoms with Gasteiger partial charge in [0.25, 0.3) is 0 Å². The van der Waals surface area contributed by atoms with Crippen molar-refractivity contribution in [1.29, 1.82) is 0 Å². The molecule has 0 bridgehead atoms. The third kappa shape index (κ3) is 5.08. The maximum absolute atomic E-state index is 9.91. The van der Waals surface area contributed by atoms with Crippen molar-refractivity contribution in [2.24, 2.45) is 0 Å². The van der Waals surface area contributed by atoms with Crippen LogP contribution in [0.3, 0.4) is 0 Å². The van der Waals surface area contributed by atoms with E-state index in [9.17, 15) is 5.11 Å². The van der Waals surface area contributed by atoms with E-state index < -0.39 is 5.60 Å². The van der Waals surface area contributed by atoms with E-state index in [1.165, 1.54) is 5.56 Å². The number of benzene rings is 2. The van der Waals surface area contributed by atoms with Gasteiger partial charge < -0.3 is 14.6 Å². The van der Waals surface area contributed by atoms with Crippen molar-refractivity contribution in [3.63, 3.8) is 0 Å². The molecule has 0 amide bonds. The van der Waals surface area contributed by atoms with Gasteiger partial charge in [0.05, 0.1) is 19.3 Å². The summed E-state index contributed by atoms with van der Waals surface area (Å²) in [5, 5.41) is 9.91. The number of ether oxygens (including phenoxy) is 2. The van der Waals surface area contributed by atoms with Crippen molar-refractivity contribution in [3.8, 4) is 11.5 Å². The predicted molar refractivity (Wildman–Crippen MR) is 88.6 cm³/mol. The van der Waals surface area contributed by atoms with Gasteiger partial charge in [-0.2, -0.15) is 0 Å². The largest absolute Gasteiger partial charge is 0.493 e. The minimum absolute atomic E-state index is 0.590. The molecule has 0 saturated carbocycles.